The summed E-state index contributed by atoms with van der Waals surface area (Å²) in [5.41, 5.74) is 1.64. The molecule has 6 rings (SSSR count). The van der Waals surface area contributed by atoms with Crippen molar-refractivity contribution in [1.82, 2.24) is 0 Å². The molecule has 14 nitrogen and oxygen atoms in total. The number of hydrogen-bond donors (Lipinski definition) is 2. The Bertz CT molecular complexity index is 1520. The lowest BCUT2D eigenvalue weighted by molar-refractivity contribution is -0.219. The number of hydrogen-bond acceptors (Lipinski definition) is 13. The van der Waals surface area contributed by atoms with Crippen molar-refractivity contribution >= 4 is 32.0 Å². The maximum Gasteiger partial charge on any atom is 0.271 e. The van der Waals surface area contributed by atoms with Crippen LogP contribution < -0.4 is 0 Å². The smallest absolute Gasteiger partial charge is 0.271 e. The van der Waals surface area contributed by atoms with Crippen LogP contribution in [0.3, 0.4) is 0 Å². The van der Waals surface area contributed by atoms with Gasteiger partial charge in [0, 0.05) is 11.5 Å². The van der Waals surface area contributed by atoms with Gasteiger partial charge in [0.25, 0.3) is 20.2 Å². The Hall–Kier alpha value is -1.71. The Morgan fingerprint density at radius 3 is 1.37 bits per heavy atom. The molecule has 272 valence electrons. The first-order valence-corrected chi connectivity index (χ1v) is 20.0. The fourth-order valence-electron chi connectivity index (χ4n) is 6.52. The largest absolute Gasteiger partial charge is 0.368 e. The van der Waals surface area contributed by atoms with Gasteiger partial charge < -0.3 is 37.9 Å². The number of ether oxygens (including phenoxy) is 8. The molecule has 0 saturated carbocycles. The molecule has 0 spiro atoms. The molecule has 0 radical (unpaired) electrons. The van der Waals surface area contributed by atoms with E-state index in [0.717, 1.165) is 22.9 Å². The maximum absolute atomic E-state index is 12.9. The van der Waals surface area contributed by atoms with E-state index < -0.39 is 91.5 Å². The fourth-order valence-corrected chi connectivity index (χ4v) is 10.6. The summed E-state index contributed by atoms with van der Waals surface area (Å²) < 4.78 is 120. The van der Waals surface area contributed by atoms with Crippen LogP contribution in [-0.4, -0.2) is 109 Å². The number of fused-ring (bicyclic) bond motifs is 2. The lowest BCUT2D eigenvalue weighted by atomic mass is 10.1. The molecule has 0 unspecified atom stereocenters. The zero-order chi connectivity index (χ0) is 35.2. The fraction of sp³-hybridized carbons (Fsp3) is 0.625. The molecule has 4 fully saturated rings. The summed E-state index contributed by atoms with van der Waals surface area (Å²) in [6.07, 6.45) is -7.98. The summed E-state index contributed by atoms with van der Waals surface area (Å²) in [6, 6.07) is 18.4. The number of benzene rings is 2. The van der Waals surface area contributed by atoms with Crippen LogP contribution in [0.5, 0.6) is 0 Å². The van der Waals surface area contributed by atoms with Crippen molar-refractivity contribution in [2.24, 2.45) is 0 Å². The predicted molar refractivity (Wildman–Crippen MR) is 175 cm³/mol. The predicted octanol–water partition coefficient (Wildman–Crippen LogP) is 3.16. The van der Waals surface area contributed by atoms with Crippen LogP contribution in [0.15, 0.2) is 60.7 Å². The Kier molecular flexibility index (Phi) is 10.9. The average Bonchev–Trinajstić information content (AvgIpc) is 3.69. The average molecular weight is 747 g/mol. The molecule has 2 aromatic carbocycles. The first-order chi connectivity index (χ1) is 23.0. The van der Waals surface area contributed by atoms with Crippen molar-refractivity contribution in [2.75, 3.05) is 11.5 Å². The summed E-state index contributed by atoms with van der Waals surface area (Å²) in [5, 5.41) is -3.16. The van der Waals surface area contributed by atoms with Crippen LogP contribution in [0.25, 0.3) is 0 Å². The summed E-state index contributed by atoms with van der Waals surface area (Å²) in [5.74, 6) is -2.72. The highest BCUT2D eigenvalue weighted by Gasteiger charge is 2.60. The summed E-state index contributed by atoms with van der Waals surface area (Å²) in [6.45, 7) is 6.96. The molecular formula is C32H42O14S3. The highest BCUT2D eigenvalue weighted by Crippen LogP contribution is 2.43. The molecule has 0 aromatic heterocycles. The number of thioether (sulfide) groups is 1. The monoisotopic (exact) mass is 746 g/mol. The van der Waals surface area contributed by atoms with E-state index in [0.29, 0.717) is 0 Å². The lowest BCUT2D eigenvalue weighted by Gasteiger charge is -2.31. The van der Waals surface area contributed by atoms with E-state index in [9.17, 15) is 25.9 Å². The minimum Gasteiger partial charge on any atom is -0.368 e. The minimum atomic E-state index is -4.80. The molecule has 4 aliphatic heterocycles. The van der Waals surface area contributed by atoms with Crippen molar-refractivity contribution in [3.63, 3.8) is 0 Å². The molecule has 4 aliphatic rings. The Labute approximate surface area is 290 Å². The first-order valence-electron chi connectivity index (χ1n) is 15.8. The van der Waals surface area contributed by atoms with Gasteiger partial charge in [0.15, 0.2) is 24.2 Å². The summed E-state index contributed by atoms with van der Waals surface area (Å²) >= 11 is 0.873. The molecule has 0 amide bonds. The lowest BCUT2D eigenvalue weighted by Crippen LogP contribution is -2.48. The first kappa shape index (κ1) is 37.1. The van der Waals surface area contributed by atoms with Gasteiger partial charge in [-0.15, -0.1) is 0 Å². The third kappa shape index (κ3) is 8.68. The van der Waals surface area contributed by atoms with E-state index in [1.165, 1.54) is 0 Å². The van der Waals surface area contributed by atoms with E-state index in [4.69, 9.17) is 37.9 Å². The van der Waals surface area contributed by atoms with Crippen LogP contribution in [0.4, 0.5) is 0 Å². The molecule has 2 aromatic rings. The molecule has 4 saturated heterocycles. The minimum absolute atomic E-state index is 0.0984. The third-order valence-electron chi connectivity index (χ3n) is 8.69. The summed E-state index contributed by atoms with van der Waals surface area (Å²) in [4.78, 5) is 0. The Balaban J connectivity index is 1.19. The SMILES string of the molecule is CC1(C)O[C@H]2O[C@H]([C@@H](CSC[C@H]([C@H]3O[C@@H]4OC(C)(C)O[C@@H]4[C@H]3OCc3ccccc3)S(=O)(=O)O)S(=O)(=O)O)[C@H](OCc3ccccc3)[C@H]2O1. The normalized spacial score (nSPS) is 33.3. The second-order valence-electron chi connectivity index (χ2n) is 13.3. The topological polar surface area (TPSA) is 183 Å². The highest BCUT2D eigenvalue weighted by atomic mass is 32.2. The molecule has 2 N–H and O–H groups in total. The highest BCUT2D eigenvalue weighted by molar-refractivity contribution is 8.01. The Morgan fingerprint density at radius 2 is 1.02 bits per heavy atom. The van der Waals surface area contributed by atoms with Gasteiger partial charge in [0.2, 0.25) is 0 Å². The molecule has 0 aliphatic carbocycles. The number of rotatable bonds is 14. The third-order valence-corrected chi connectivity index (χ3v) is 12.7. The standard InChI is InChI=1S/C32H42O14S3/c1-31(2)43-27-25(39-15-19-11-7-5-8-12-19)23(41-29(27)45-31)21(48(33,34)35)17-47-18-22(49(36,37)38)24-26(40-16-20-13-9-6-10-14-20)28-30(42-24)46-32(3,4)44-28/h5-14,21-30H,15-18H2,1-4H3,(H,33,34,35)(H,36,37,38)/t21-,22-,23-,24-,25+,26+,27-,28-,29-,30-/m1/s1. The second-order valence-corrected chi connectivity index (χ2v) is 17.7. The van der Waals surface area contributed by atoms with Gasteiger partial charge in [0.05, 0.1) is 13.2 Å². The van der Waals surface area contributed by atoms with Gasteiger partial charge >= 0.3 is 0 Å². The van der Waals surface area contributed by atoms with Crippen molar-refractivity contribution in [2.45, 2.75) is 112 Å². The van der Waals surface area contributed by atoms with Crippen molar-refractivity contribution in [3.8, 4) is 0 Å². The molecular weight excluding hydrogens is 705 g/mol. The van der Waals surface area contributed by atoms with E-state index in [1.54, 1.807) is 27.7 Å². The van der Waals surface area contributed by atoms with Crippen LogP contribution in [0.1, 0.15) is 38.8 Å². The van der Waals surface area contributed by atoms with Crippen molar-refractivity contribution in [3.05, 3.63) is 71.8 Å². The maximum atomic E-state index is 12.9. The van der Waals surface area contributed by atoms with Crippen molar-refractivity contribution < 1.29 is 63.8 Å². The quantitative estimate of drug-likeness (QED) is 0.269. The molecule has 4 heterocycles. The zero-order valence-electron chi connectivity index (χ0n) is 27.4. The molecule has 17 heteroatoms. The Morgan fingerprint density at radius 1 is 0.653 bits per heavy atom. The van der Waals surface area contributed by atoms with Gasteiger partial charge in [-0.2, -0.15) is 28.6 Å². The van der Waals surface area contributed by atoms with Gasteiger partial charge in [-0.3, -0.25) is 9.11 Å². The van der Waals surface area contributed by atoms with Crippen LogP contribution in [0, 0.1) is 0 Å². The van der Waals surface area contributed by atoms with Crippen molar-refractivity contribution in [1.29, 1.82) is 0 Å². The van der Waals surface area contributed by atoms with E-state index in [2.05, 4.69) is 0 Å². The van der Waals surface area contributed by atoms with Gasteiger partial charge in [-0.25, -0.2) is 0 Å². The van der Waals surface area contributed by atoms with E-state index >= 15 is 0 Å². The molecule has 0 bridgehead atoms. The van der Waals surface area contributed by atoms with E-state index in [1.807, 2.05) is 60.7 Å². The van der Waals surface area contributed by atoms with Crippen LogP contribution in [0.2, 0.25) is 0 Å². The second kappa shape index (κ2) is 14.4. The van der Waals surface area contributed by atoms with Gasteiger partial charge in [-0.1, -0.05) is 60.7 Å². The summed E-state index contributed by atoms with van der Waals surface area (Å²) in [7, 11) is -9.59. The molecule has 49 heavy (non-hydrogen) atoms. The zero-order valence-corrected chi connectivity index (χ0v) is 29.8. The van der Waals surface area contributed by atoms with Gasteiger partial charge in [0.1, 0.15) is 47.1 Å². The van der Waals surface area contributed by atoms with Gasteiger partial charge in [-0.05, 0) is 38.8 Å². The van der Waals surface area contributed by atoms with Crippen LogP contribution in [-0.2, 0) is 71.3 Å². The molecule has 10 atom stereocenters. The van der Waals surface area contributed by atoms with E-state index in [-0.39, 0.29) is 24.7 Å². The van der Waals surface area contributed by atoms with Crippen LogP contribution >= 0.6 is 11.8 Å².